The van der Waals surface area contributed by atoms with E-state index in [1.54, 1.807) is 6.08 Å². The average molecular weight is 581 g/mol. The quantitative estimate of drug-likeness (QED) is 0.163. The number of cyclic esters (lactones) is 1. The zero-order valence-electron chi connectivity index (χ0n) is 20.3. The molecule has 0 atom stereocenters. The zero-order chi connectivity index (χ0) is 24.9. The van der Waals surface area contributed by atoms with Crippen molar-refractivity contribution in [2.24, 2.45) is 4.99 Å². The standard InChI is InChI=1S/C29H28INO4/c1-5-33-26-16-20(14-24(30)27(26)34-17-23-9-7-6-8-19(23)4)15-25-29(32)35-28(31-25)22-12-10-21(11-13-22)18(2)3/h6-16,18H,5,17H2,1-4H3/b25-15-. The van der Waals surface area contributed by atoms with E-state index in [2.05, 4.69) is 60.5 Å². The second-order valence-electron chi connectivity index (χ2n) is 8.59. The van der Waals surface area contributed by atoms with Crippen molar-refractivity contribution in [3.05, 3.63) is 97.7 Å². The molecule has 0 fully saturated rings. The van der Waals surface area contributed by atoms with Crippen LogP contribution in [0.25, 0.3) is 6.08 Å². The number of benzene rings is 3. The zero-order valence-corrected chi connectivity index (χ0v) is 22.5. The van der Waals surface area contributed by atoms with Gasteiger partial charge in [0.1, 0.15) is 6.61 Å². The average Bonchev–Trinajstić information content (AvgIpc) is 3.20. The summed E-state index contributed by atoms with van der Waals surface area (Å²) in [5.74, 6) is 1.58. The second-order valence-corrected chi connectivity index (χ2v) is 9.75. The molecule has 1 aliphatic rings. The highest BCUT2D eigenvalue weighted by Gasteiger charge is 2.24. The summed E-state index contributed by atoms with van der Waals surface area (Å²) < 4.78 is 18.4. The Kier molecular flexibility index (Phi) is 7.90. The number of carbonyl (C=O) groups is 1. The molecule has 180 valence electrons. The maximum atomic E-state index is 12.5. The third-order valence-corrected chi connectivity index (χ3v) is 6.51. The normalized spacial score (nSPS) is 14.3. The number of carbonyl (C=O) groups excluding carboxylic acids is 1. The minimum Gasteiger partial charge on any atom is -0.490 e. The van der Waals surface area contributed by atoms with E-state index < -0.39 is 5.97 Å². The van der Waals surface area contributed by atoms with Crippen molar-refractivity contribution in [1.82, 2.24) is 0 Å². The lowest BCUT2D eigenvalue weighted by Crippen LogP contribution is -2.05. The number of hydrogen-bond donors (Lipinski definition) is 0. The lowest BCUT2D eigenvalue weighted by molar-refractivity contribution is -0.129. The van der Waals surface area contributed by atoms with Crippen LogP contribution in [0.4, 0.5) is 0 Å². The van der Waals surface area contributed by atoms with Gasteiger partial charge in [-0.05, 0) is 95.0 Å². The van der Waals surface area contributed by atoms with Crippen LogP contribution in [0.1, 0.15) is 54.5 Å². The van der Waals surface area contributed by atoms with Gasteiger partial charge >= 0.3 is 5.97 Å². The molecule has 4 rings (SSSR count). The predicted molar refractivity (Wildman–Crippen MR) is 147 cm³/mol. The fourth-order valence-electron chi connectivity index (χ4n) is 3.70. The van der Waals surface area contributed by atoms with Crippen molar-refractivity contribution in [3.63, 3.8) is 0 Å². The summed E-state index contributed by atoms with van der Waals surface area (Å²) >= 11 is 2.23. The SMILES string of the molecule is CCOc1cc(/C=C2\N=C(c3ccc(C(C)C)cc3)OC2=O)cc(I)c1OCc1ccccc1C. The van der Waals surface area contributed by atoms with Crippen LogP contribution in [0, 0.1) is 10.5 Å². The van der Waals surface area contributed by atoms with Crippen LogP contribution >= 0.6 is 22.6 Å². The molecule has 1 aliphatic heterocycles. The number of nitrogens with zero attached hydrogens (tertiary/aromatic N) is 1. The molecule has 35 heavy (non-hydrogen) atoms. The molecule has 0 aliphatic carbocycles. The number of hydrogen-bond acceptors (Lipinski definition) is 5. The van der Waals surface area contributed by atoms with E-state index in [-0.39, 0.29) is 5.70 Å². The van der Waals surface area contributed by atoms with Gasteiger partial charge in [0.05, 0.1) is 10.2 Å². The van der Waals surface area contributed by atoms with E-state index in [9.17, 15) is 4.79 Å². The molecular weight excluding hydrogens is 553 g/mol. The molecule has 0 aromatic heterocycles. The summed E-state index contributed by atoms with van der Waals surface area (Å²) in [6.07, 6.45) is 1.72. The topological polar surface area (TPSA) is 57.1 Å². The van der Waals surface area contributed by atoms with Crippen molar-refractivity contribution < 1.29 is 19.0 Å². The second kappa shape index (κ2) is 11.1. The predicted octanol–water partition coefficient (Wildman–Crippen LogP) is 7.05. The highest BCUT2D eigenvalue weighted by atomic mass is 127. The van der Waals surface area contributed by atoms with E-state index >= 15 is 0 Å². The Morgan fingerprint density at radius 1 is 1.06 bits per heavy atom. The van der Waals surface area contributed by atoms with Gasteiger partial charge < -0.3 is 14.2 Å². The first-order valence-electron chi connectivity index (χ1n) is 11.6. The fraction of sp³-hybridized carbons (Fsp3) is 0.241. The van der Waals surface area contributed by atoms with Crippen molar-refractivity contribution in [2.75, 3.05) is 6.61 Å². The molecule has 1 heterocycles. The van der Waals surface area contributed by atoms with E-state index in [4.69, 9.17) is 14.2 Å². The molecule has 6 heteroatoms. The Bertz CT molecular complexity index is 1290. The first-order chi connectivity index (χ1) is 16.9. The van der Waals surface area contributed by atoms with Crippen molar-refractivity contribution >= 4 is 40.5 Å². The van der Waals surface area contributed by atoms with Crippen LogP contribution in [0.2, 0.25) is 0 Å². The monoisotopic (exact) mass is 581 g/mol. The van der Waals surface area contributed by atoms with Crippen molar-refractivity contribution in [2.45, 2.75) is 40.2 Å². The largest absolute Gasteiger partial charge is 0.490 e. The maximum Gasteiger partial charge on any atom is 0.363 e. The summed E-state index contributed by atoms with van der Waals surface area (Å²) in [4.78, 5) is 17.0. The van der Waals surface area contributed by atoms with E-state index in [0.717, 1.165) is 20.3 Å². The molecule has 5 nitrogen and oxygen atoms in total. The van der Waals surface area contributed by atoms with Gasteiger partial charge in [0.2, 0.25) is 5.90 Å². The summed E-state index contributed by atoms with van der Waals surface area (Å²) in [6, 6.07) is 19.9. The molecule has 0 unspecified atom stereocenters. The first-order valence-corrected chi connectivity index (χ1v) is 12.7. The fourth-order valence-corrected chi connectivity index (χ4v) is 4.48. The number of aliphatic imine (C=N–C) groups is 1. The van der Waals surface area contributed by atoms with E-state index in [1.165, 1.54) is 11.1 Å². The summed E-state index contributed by atoms with van der Waals surface area (Å²) in [7, 11) is 0. The smallest absolute Gasteiger partial charge is 0.363 e. The molecule has 3 aromatic rings. The number of ether oxygens (including phenoxy) is 3. The molecule has 0 saturated heterocycles. The van der Waals surface area contributed by atoms with Crippen LogP contribution in [0.5, 0.6) is 11.5 Å². The number of halogens is 1. The molecule has 0 amide bonds. The number of aryl methyl sites for hydroxylation is 1. The van der Waals surface area contributed by atoms with Crippen LogP contribution in [0.3, 0.4) is 0 Å². The summed E-state index contributed by atoms with van der Waals surface area (Å²) in [5, 5.41) is 0. The van der Waals surface area contributed by atoms with Crippen LogP contribution < -0.4 is 9.47 Å². The molecule has 0 spiro atoms. The summed E-state index contributed by atoms with van der Waals surface area (Å²) in [6.45, 7) is 9.21. The highest BCUT2D eigenvalue weighted by Crippen LogP contribution is 2.36. The lowest BCUT2D eigenvalue weighted by atomic mass is 10.0. The molecule has 3 aromatic carbocycles. The Hall–Kier alpha value is -3.13. The van der Waals surface area contributed by atoms with Crippen molar-refractivity contribution in [1.29, 1.82) is 0 Å². The Morgan fingerprint density at radius 3 is 2.49 bits per heavy atom. The van der Waals surface area contributed by atoms with Gasteiger partial charge in [0.15, 0.2) is 17.2 Å². The molecule has 0 saturated carbocycles. The van der Waals surface area contributed by atoms with Crippen molar-refractivity contribution in [3.8, 4) is 11.5 Å². The van der Waals surface area contributed by atoms with Gasteiger partial charge in [-0.25, -0.2) is 9.79 Å². The Labute approximate surface area is 220 Å². The maximum absolute atomic E-state index is 12.5. The Balaban J connectivity index is 1.60. The summed E-state index contributed by atoms with van der Waals surface area (Å²) in [5.41, 5.74) is 5.32. The third kappa shape index (κ3) is 5.93. The minimum absolute atomic E-state index is 0.250. The third-order valence-electron chi connectivity index (χ3n) is 5.71. The molecule has 0 radical (unpaired) electrons. The van der Waals surface area contributed by atoms with Crippen LogP contribution in [-0.2, 0) is 16.1 Å². The lowest BCUT2D eigenvalue weighted by Gasteiger charge is -2.15. The van der Waals surface area contributed by atoms with Gasteiger partial charge in [-0.1, -0.05) is 50.2 Å². The first kappa shape index (κ1) is 25.0. The Morgan fingerprint density at radius 2 is 1.80 bits per heavy atom. The van der Waals surface area contributed by atoms with Gasteiger partial charge in [-0.2, -0.15) is 0 Å². The van der Waals surface area contributed by atoms with Crippen LogP contribution in [-0.4, -0.2) is 18.5 Å². The van der Waals surface area contributed by atoms with E-state index in [0.29, 0.717) is 36.5 Å². The number of rotatable bonds is 8. The van der Waals surface area contributed by atoms with Crippen LogP contribution in [0.15, 0.2) is 71.4 Å². The number of esters is 1. The molecule has 0 N–H and O–H groups in total. The molecular formula is C29H28INO4. The van der Waals surface area contributed by atoms with Gasteiger partial charge in [0, 0.05) is 5.56 Å². The minimum atomic E-state index is -0.471. The van der Waals surface area contributed by atoms with E-state index in [1.807, 2.05) is 55.5 Å². The highest BCUT2D eigenvalue weighted by molar-refractivity contribution is 14.1. The van der Waals surface area contributed by atoms with Gasteiger partial charge in [0.25, 0.3) is 0 Å². The molecule has 0 bridgehead atoms. The van der Waals surface area contributed by atoms with Gasteiger partial charge in [-0.15, -0.1) is 0 Å². The van der Waals surface area contributed by atoms with Gasteiger partial charge in [-0.3, -0.25) is 0 Å².